The Kier molecular flexibility index (Phi) is 8.92. The number of carbonyl (C=O) groups excluding carboxylic acids is 2. The summed E-state index contributed by atoms with van der Waals surface area (Å²) in [5.41, 5.74) is 2.02. The molecule has 37 heavy (non-hydrogen) atoms. The molecule has 1 N–H and O–H groups in total. The van der Waals surface area contributed by atoms with Crippen molar-refractivity contribution in [3.05, 3.63) is 87.4 Å². The van der Waals surface area contributed by atoms with E-state index in [-0.39, 0.29) is 18.2 Å². The van der Waals surface area contributed by atoms with Crippen molar-refractivity contribution in [3.8, 4) is 5.75 Å². The van der Waals surface area contributed by atoms with Crippen LogP contribution in [-0.2, 0) is 16.0 Å². The molecule has 0 aromatic heterocycles. The van der Waals surface area contributed by atoms with Gasteiger partial charge in [0.05, 0.1) is 18.7 Å². The van der Waals surface area contributed by atoms with Gasteiger partial charge in [-0.05, 0) is 85.7 Å². The minimum Gasteiger partial charge on any atom is -0.494 e. The van der Waals surface area contributed by atoms with Gasteiger partial charge in [0.25, 0.3) is 5.91 Å². The Balaban J connectivity index is 1.57. The highest BCUT2D eigenvalue weighted by molar-refractivity contribution is 7.80. The van der Waals surface area contributed by atoms with Crippen LogP contribution in [0.1, 0.15) is 18.9 Å². The molecule has 0 aliphatic carbocycles. The van der Waals surface area contributed by atoms with Crippen LogP contribution in [0, 0.1) is 0 Å². The second-order valence-corrected chi connectivity index (χ2v) is 9.99. The lowest BCUT2D eigenvalue weighted by Crippen LogP contribution is -2.39. The van der Waals surface area contributed by atoms with Crippen LogP contribution >= 0.6 is 47.0 Å². The maximum Gasteiger partial charge on any atom is 0.256 e. The Morgan fingerprint density at radius 3 is 2.43 bits per heavy atom. The van der Waals surface area contributed by atoms with Crippen molar-refractivity contribution in [2.45, 2.75) is 25.8 Å². The van der Waals surface area contributed by atoms with Gasteiger partial charge in [0.1, 0.15) is 11.8 Å². The molecule has 0 radical (unpaired) electrons. The molecule has 1 aliphatic heterocycles. The average molecular weight is 577 g/mol. The summed E-state index contributed by atoms with van der Waals surface area (Å²) >= 11 is 24.2. The van der Waals surface area contributed by atoms with Crippen LogP contribution in [0.2, 0.25) is 15.1 Å². The maximum atomic E-state index is 13.6. The molecule has 1 fully saturated rings. The summed E-state index contributed by atoms with van der Waals surface area (Å²) in [6.45, 7) is 2.82. The van der Waals surface area contributed by atoms with Crippen LogP contribution in [0.5, 0.6) is 5.75 Å². The summed E-state index contributed by atoms with van der Waals surface area (Å²) < 4.78 is 5.51. The van der Waals surface area contributed by atoms with E-state index in [1.54, 1.807) is 65.6 Å². The monoisotopic (exact) mass is 575 g/mol. The fraction of sp³-hybridized carbons (Fsp3) is 0.222. The third-order valence-corrected chi connectivity index (χ3v) is 7.09. The van der Waals surface area contributed by atoms with Crippen LogP contribution in [0.25, 0.3) is 0 Å². The van der Waals surface area contributed by atoms with E-state index in [2.05, 4.69) is 5.32 Å². The molecule has 1 atom stereocenters. The van der Waals surface area contributed by atoms with Crippen LogP contribution < -0.4 is 15.0 Å². The summed E-state index contributed by atoms with van der Waals surface area (Å²) in [6.07, 6.45) is 0.417. The van der Waals surface area contributed by atoms with Crippen molar-refractivity contribution in [2.75, 3.05) is 23.4 Å². The number of thiocarbonyl (C=S) groups is 1. The fourth-order valence-electron chi connectivity index (χ4n) is 4.10. The Morgan fingerprint density at radius 2 is 1.76 bits per heavy atom. The lowest BCUT2D eigenvalue weighted by atomic mass is 10.1. The minimum atomic E-state index is -0.788. The predicted octanol–water partition coefficient (Wildman–Crippen LogP) is 6.62. The third kappa shape index (κ3) is 6.54. The molecule has 1 heterocycles. The number of hydrogen-bond acceptors (Lipinski definition) is 4. The van der Waals surface area contributed by atoms with E-state index in [4.69, 9.17) is 51.8 Å². The molecule has 1 saturated heterocycles. The van der Waals surface area contributed by atoms with E-state index in [1.807, 2.05) is 13.0 Å². The summed E-state index contributed by atoms with van der Waals surface area (Å²) in [5.74, 6) is 0.0830. The molecule has 0 saturated carbocycles. The molecule has 0 spiro atoms. The molecule has 0 unspecified atom stereocenters. The highest BCUT2D eigenvalue weighted by Crippen LogP contribution is 2.30. The normalized spacial score (nSPS) is 15.3. The molecule has 192 valence electrons. The second kappa shape index (κ2) is 12.1. The van der Waals surface area contributed by atoms with Crippen LogP contribution in [0.3, 0.4) is 0 Å². The number of nitrogens with zero attached hydrogens (tertiary/aromatic N) is 2. The number of amides is 2. The molecule has 3 aromatic rings. The van der Waals surface area contributed by atoms with Gasteiger partial charge in [0.15, 0.2) is 5.11 Å². The van der Waals surface area contributed by atoms with E-state index in [9.17, 15) is 9.59 Å². The molecular formula is C27H24Cl3N3O3S. The van der Waals surface area contributed by atoms with Gasteiger partial charge < -0.3 is 15.0 Å². The number of rotatable bonds is 9. The van der Waals surface area contributed by atoms with Crippen molar-refractivity contribution in [2.24, 2.45) is 0 Å². The first-order valence-electron chi connectivity index (χ1n) is 11.6. The highest BCUT2D eigenvalue weighted by atomic mass is 35.5. The molecular weight excluding hydrogens is 553 g/mol. The SMILES string of the molecule is CCOc1ccc(N2C(=O)[C@H](CC(=O)Nc3cccc(Cl)c3)N(CCc3ccc(Cl)cc3Cl)C2=S)cc1. The quantitative estimate of drug-likeness (QED) is 0.290. The Bertz CT molecular complexity index is 1320. The van der Waals surface area contributed by atoms with Crippen LogP contribution in [0.15, 0.2) is 66.7 Å². The lowest BCUT2D eigenvalue weighted by Gasteiger charge is -2.24. The number of anilines is 2. The summed E-state index contributed by atoms with van der Waals surface area (Å²) in [7, 11) is 0. The Labute approximate surface area is 236 Å². The maximum absolute atomic E-state index is 13.6. The van der Waals surface area contributed by atoms with Gasteiger partial charge in [-0.15, -0.1) is 0 Å². The van der Waals surface area contributed by atoms with Crippen molar-refractivity contribution in [1.29, 1.82) is 0 Å². The van der Waals surface area contributed by atoms with Crippen molar-refractivity contribution >= 4 is 75.3 Å². The number of benzene rings is 3. The van der Waals surface area contributed by atoms with Crippen molar-refractivity contribution in [3.63, 3.8) is 0 Å². The number of carbonyl (C=O) groups is 2. The summed E-state index contributed by atoms with van der Waals surface area (Å²) in [5, 5.41) is 4.70. The topological polar surface area (TPSA) is 61.9 Å². The average Bonchev–Trinajstić information content (AvgIpc) is 3.08. The van der Waals surface area contributed by atoms with Gasteiger partial charge in [-0.3, -0.25) is 14.5 Å². The van der Waals surface area contributed by atoms with E-state index >= 15 is 0 Å². The predicted molar refractivity (Wildman–Crippen MR) is 153 cm³/mol. The largest absolute Gasteiger partial charge is 0.494 e. The fourth-order valence-corrected chi connectivity index (χ4v) is 5.21. The molecule has 0 bridgehead atoms. The molecule has 3 aromatic carbocycles. The second-order valence-electron chi connectivity index (χ2n) is 8.34. The first-order valence-corrected chi connectivity index (χ1v) is 13.2. The number of halogens is 3. The molecule has 6 nitrogen and oxygen atoms in total. The van der Waals surface area contributed by atoms with Gasteiger partial charge >= 0.3 is 0 Å². The van der Waals surface area contributed by atoms with E-state index in [1.165, 1.54) is 4.90 Å². The van der Waals surface area contributed by atoms with Crippen LogP contribution in [-0.4, -0.2) is 41.0 Å². The molecule has 4 rings (SSSR count). The zero-order chi connectivity index (χ0) is 26.5. The standard InChI is InChI=1S/C27H24Cl3N3O3S/c1-2-36-22-10-8-21(9-11-22)33-26(35)24(16-25(34)31-20-5-3-4-18(28)14-20)32(27(33)37)13-12-17-6-7-19(29)15-23(17)30/h3-11,14-15,24H,2,12-13,16H2,1H3,(H,31,34)/t24-/m0/s1. The number of nitrogens with one attached hydrogen (secondary N) is 1. The molecule has 10 heteroatoms. The van der Waals surface area contributed by atoms with Gasteiger partial charge in [-0.25, -0.2) is 0 Å². The van der Waals surface area contributed by atoms with Crippen molar-refractivity contribution in [1.82, 2.24) is 4.90 Å². The zero-order valence-electron chi connectivity index (χ0n) is 19.9. The van der Waals surface area contributed by atoms with Gasteiger partial charge in [-0.1, -0.05) is 46.9 Å². The molecule has 2 amide bonds. The van der Waals surface area contributed by atoms with Crippen LogP contribution in [0.4, 0.5) is 11.4 Å². The van der Waals surface area contributed by atoms with E-state index < -0.39 is 6.04 Å². The van der Waals surface area contributed by atoms with Gasteiger partial charge in [-0.2, -0.15) is 0 Å². The number of ether oxygens (including phenoxy) is 1. The van der Waals surface area contributed by atoms with Gasteiger partial charge in [0.2, 0.25) is 5.91 Å². The Morgan fingerprint density at radius 1 is 1.03 bits per heavy atom. The third-order valence-electron chi connectivity index (χ3n) is 5.85. The zero-order valence-corrected chi connectivity index (χ0v) is 23.0. The first-order chi connectivity index (χ1) is 17.8. The van der Waals surface area contributed by atoms with Gasteiger partial charge in [0, 0.05) is 27.3 Å². The van der Waals surface area contributed by atoms with Crippen molar-refractivity contribution < 1.29 is 14.3 Å². The summed E-state index contributed by atoms with van der Waals surface area (Å²) in [6, 6.07) is 18.4. The van der Waals surface area contributed by atoms with E-state index in [0.29, 0.717) is 56.9 Å². The smallest absolute Gasteiger partial charge is 0.256 e. The number of hydrogen-bond donors (Lipinski definition) is 1. The molecule has 1 aliphatic rings. The first kappa shape index (κ1) is 27.2. The highest BCUT2D eigenvalue weighted by Gasteiger charge is 2.44. The Hall–Kier alpha value is -2.84. The summed E-state index contributed by atoms with van der Waals surface area (Å²) in [4.78, 5) is 29.8. The minimum absolute atomic E-state index is 0.0899. The lowest BCUT2D eigenvalue weighted by molar-refractivity contribution is -0.124. The van der Waals surface area contributed by atoms with E-state index in [0.717, 1.165) is 5.56 Å².